The molecule has 1 aliphatic rings. The lowest BCUT2D eigenvalue weighted by Gasteiger charge is -2.18. The van der Waals surface area contributed by atoms with E-state index in [0.717, 1.165) is 33.3 Å². The molecule has 0 saturated heterocycles. The molecule has 140 valence electrons. The number of amides is 2. The number of nitrogens with one attached hydrogen (secondary N) is 1. The molecule has 4 nitrogen and oxygen atoms in total. The van der Waals surface area contributed by atoms with Gasteiger partial charge in [-0.05, 0) is 47.3 Å². The SMILES string of the molecule is O=C(Nc1ccccc1)c1cccc(CN2C(=O)c3cccc4cccc2c34)c1. The number of anilines is 2. The minimum absolute atomic E-state index is 0.00376. The van der Waals surface area contributed by atoms with Crippen molar-refractivity contribution in [2.45, 2.75) is 6.54 Å². The van der Waals surface area contributed by atoms with Crippen LogP contribution in [0.3, 0.4) is 0 Å². The van der Waals surface area contributed by atoms with Crippen molar-refractivity contribution in [3.05, 3.63) is 108 Å². The summed E-state index contributed by atoms with van der Waals surface area (Å²) in [5.41, 5.74) is 3.87. The lowest BCUT2D eigenvalue weighted by Crippen LogP contribution is -2.26. The van der Waals surface area contributed by atoms with Crippen LogP contribution < -0.4 is 10.2 Å². The molecule has 29 heavy (non-hydrogen) atoms. The molecule has 0 aromatic heterocycles. The standard InChI is InChI=1S/C25H18N2O2/c28-24(26-20-11-2-1-3-12-20)19-10-4-7-17(15-19)16-27-22-14-6-9-18-8-5-13-21(23(18)22)25(27)29/h1-15H,16H2,(H,26,28). The predicted molar refractivity (Wildman–Crippen MR) is 115 cm³/mol. The molecule has 0 aliphatic carbocycles. The van der Waals surface area contributed by atoms with Gasteiger partial charge in [0.15, 0.2) is 0 Å². The highest BCUT2D eigenvalue weighted by Crippen LogP contribution is 2.38. The van der Waals surface area contributed by atoms with Gasteiger partial charge >= 0.3 is 0 Å². The van der Waals surface area contributed by atoms with Crippen LogP contribution in [0.1, 0.15) is 26.3 Å². The van der Waals surface area contributed by atoms with Crippen molar-refractivity contribution in [3.8, 4) is 0 Å². The first-order valence-corrected chi connectivity index (χ1v) is 9.50. The second-order valence-corrected chi connectivity index (χ2v) is 7.09. The molecular weight excluding hydrogens is 360 g/mol. The first-order chi connectivity index (χ1) is 14.2. The van der Waals surface area contributed by atoms with Crippen molar-refractivity contribution < 1.29 is 9.59 Å². The lowest BCUT2D eigenvalue weighted by atomic mass is 10.1. The van der Waals surface area contributed by atoms with Gasteiger partial charge in [-0.15, -0.1) is 0 Å². The van der Waals surface area contributed by atoms with E-state index < -0.39 is 0 Å². The van der Waals surface area contributed by atoms with Crippen molar-refractivity contribution in [3.63, 3.8) is 0 Å². The Balaban J connectivity index is 1.42. The predicted octanol–water partition coefficient (Wildman–Crippen LogP) is 5.25. The van der Waals surface area contributed by atoms with Crippen molar-refractivity contribution >= 4 is 34.0 Å². The number of hydrogen-bond donors (Lipinski definition) is 1. The molecule has 0 atom stereocenters. The minimum atomic E-state index is -0.170. The van der Waals surface area contributed by atoms with E-state index in [4.69, 9.17) is 0 Å². The molecule has 2 amide bonds. The van der Waals surface area contributed by atoms with Crippen LogP contribution in [0.5, 0.6) is 0 Å². The molecule has 0 radical (unpaired) electrons. The zero-order chi connectivity index (χ0) is 19.8. The van der Waals surface area contributed by atoms with E-state index in [9.17, 15) is 9.59 Å². The molecule has 4 heteroatoms. The molecule has 0 spiro atoms. The Hall–Kier alpha value is -3.92. The highest BCUT2D eigenvalue weighted by atomic mass is 16.2. The van der Waals surface area contributed by atoms with E-state index in [1.54, 1.807) is 11.0 Å². The fourth-order valence-electron chi connectivity index (χ4n) is 3.85. The Bertz CT molecular complexity index is 1240. The molecule has 0 fully saturated rings. The largest absolute Gasteiger partial charge is 0.322 e. The summed E-state index contributed by atoms with van der Waals surface area (Å²) in [6.45, 7) is 0.416. The van der Waals surface area contributed by atoms with Crippen LogP contribution >= 0.6 is 0 Å². The Labute approximate surface area is 168 Å². The van der Waals surface area contributed by atoms with Crippen molar-refractivity contribution in [2.75, 3.05) is 10.2 Å². The first kappa shape index (κ1) is 17.2. The molecule has 0 saturated carbocycles. The van der Waals surface area contributed by atoms with Gasteiger partial charge in [-0.25, -0.2) is 0 Å². The Morgan fingerprint density at radius 2 is 1.59 bits per heavy atom. The van der Waals surface area contributed by atoms with E-state index in [-0.39, 0.29) is 11.8 Å². The van der Waals surface area contributed by atoms with Crippen LogP contribution in [0, 0.1) is 0 Å². The van der Waals surface area contributed by atoms with Crippen LogP contribution in [0.15, 0.2) is 91.0 Å². The summed E-state index contributed by atoms with van der Waals surface area (Å²) in [7, 11) is 0. The van der Waals surface area contributed by atoms with E-state index in [0.29, 0.717) is 12.1 Å². The molecule has 1 N–H and O–H groups in total. The summed E-state index contributed by atoms with van der Waals surface area (Å²) in [6, 6.07) is 28.5. The summed E-state index contributed by atoms with van der Waals surface area (Å²) in [5.74, 6) is -0.174. The normalized spacial score (nSPS) is 12.4. The van der Waals surface area contributed by atoms with Crippen molar-refractivity contribution in [2.24, 2.45) is 0 Å². The number of carbonyl (C=O) groups excluding carboxylic acids is 2. The van der Waals surface area contributed by atoms with Crippen molar-refractivity contribution in [1.29, 1.82) is 0 Å². The highest BCUT2D eigenvalue weighted by molar-refractivity contribution is 6.24. The first-order valence-electron chi connectivity index (χ1n) is 9.50. The third kappa shape index (κ3) is 3.05. The molecule has 1 heterocycles. The summed E-state index contributed by atoms with van der Waals surface area (Å²) in [5, 5.41) is 4.96. The van der Waals surface area contributed by atoms with E-state index in [1.165, 1.54) is 0 Å². The lowest BCUT2D eigenvalue weighted by molar-refractivity contribution is 0.0990. The quantitative estimate of drug-likeness (QED) is 0.527. The molecule has 5 rings (SSSR count). The minimum Gasteiger partial charge on any atom is -0.322 e. The van der Waals surface area contributed by atoms with Gasteiger partial charge in [0, 0.05) is 22.2 Å². The fraction of sp³-hybridized carbons (Fsp3) is 0.0400. The van der Waals surface area contributed by atoms with Crippen LogP contribution in [0.2, 0.25) is 0 Å². The van der Waals surface area contributed by atoms with E-state index in [2.05, 4.69) is 5.32 Å². The summed E-state index contributed by atoms with van der Waals surface area (Å²) >= 11 is 0. The second kappa shape index (κ2) is 6.91. The van der Waals surface area contributed by atoms with Gasteiger partial charge in [-0.2, -0.15) is 0 Å². The van der Waals surface area contributed by atoms with Crippen LogP contribution in [-0.4, -0.2) is 11.8 Å². The maximum absolute atomic E-state index is 13.0. The van der Waals surface area contributed by atoms with E-state index in [1.807, 2.05) is 84.9 Å². The number of hydrogen-bond acceptors (Lipinski definition) is 2. The monoisotopic (exact) mass is 378 g/mol. The van der Waals surface area contributed by atoms with Crippen LogP contribution in [0.25, 0.3) is 10.8 Å². The van der Waals surface area contributed by atoms with Gasteiger partial charge in [0.1, 0.15) is 0 Å². The number of benzene rings is 4. The van der Waals surface area contributed by atoms with Crippen molar-refractivity contribution in [1.82, 2.24) is 0 Å². The molecular formula is C25H18N2O2. The smallest absolute Gasteiger partial charge is 0.259 e. The number of carbonyl (C=O) groups is 2. The van der Waals surface area contributed by atoms with Gasteiger partial charge in [-0.1, -0.05) is 54.6 Å². The zero-order valence-corrected chi connectivity index (χ0v) is 15.6. The van der Waals surface area contributed by atoms with Gasteiger partial charge < -0.3 is 10.2 Å². The van der Waals surface area contributed by atoms with Gasteiger partial charge in [-0.3, -0.25) is 9.59 Å². The number of para-hydroxylation sites is 1. The summed E-state index contributed by atoms with van der Waals surface area (Å²) < 4.78 is 0. The molecule has 0 bridgehead atoms. The average Bonchev–Trinajstić information content (AvgIpc) is 3.03. The highest BCUT2D eigenvalue weighted by Gasteiger charge is 2.29. The maximum Gasteiger partial charge on any atom is 0.259 e. The molecule has 4 aromatic rings. The second-order valence-electron chi connectivity index (χ2n) is 7.09. The van der Waals surface area contributed by atoms with Gasteiger partial charge in [0.25, 0.3) is 11.8 Å². The number of rotatable bonds is 4. The van der Waals surface area contributed by atoms with E-state index >= 15 is 0 Å². The number of nitrogens with zero attached hydrogens (tertiary/aromatic N) is 1. The van der Waals surface area contributed by atoms with Gasteiger partial charge in [0.05, 0.1) is 12.2 Å². The summed E-state index contributed by atoms with van der Waals surface area (Å²) in [4.78, 5) is 27.4. The molecule has 4 aromatic carbocycles. The van der Waals surface area contributed by atoms with Gasteiger partial charge in [0.2, 0.25) is 0 Å². The van der Waals surface area contributed by atoms with Crippen LogP contribution in [0.4, 0.5) is 11.4 Å². The Morgan fingerprint density at radius 3 is 2.41 bits per heavy atom. The fourth-order valence-corrected chi connectivity index (χ4v) is 3.85. The van der Waals surface area contributed by atoms with Crippen LogP contribution in [-0.2, 0) is 6.54 Å². The zero-order valence-electron chi connectivity index (χ0n) is 15.6. The topological polar surface area (TPSA) is 49.4 Å². The summed E-state index contributed by atoms with van der Waals surface area (Å²) in [6.07, 6.45) is 0. The molecule has 1 aliphatic heterocycles. The maximum atomic E-state index is 13.0. The Kier molecular flexibility index (Phi) is 4.10. The Morgan fingerprint density at radius 1 is 0.828 bits per heavy atom. The average molecular weight is 378 g/mol. The molecule has 0 unspecified atom stereocenters. The third-order valence-corrected chi connectivity index (χ3v) is 5.21. The third-order valence-electron chi connectivity index (χ3n) is 5.21.